The van der Waals surface area contributed by atoms with Crippen molar-refractivity contribution < 1.29 is 13.4 Å². The van der Waals surface area contributed by atoms with Crippen molar-refractivity contribution >= 4 is 22.4 Å². The zero-order valence-electron chi connectivity index (χ0n) is 10.6. The molecule has 2 unspecified atom stereocenters. The molecule has 1 aromatic carbocycles. The van der Waals surface area contributed by atoms with Crippen LogP contribution in [0.25, 0.3) is 0 Å². The van der Waals surface area contributed by atoms with Gasteiger partial charge >= 0.3 is 0 Å². The van der Waals surface area contributed by atoms with Crippen molar-refractivity contribution in [2.75, 3.05) is 18.5 Å². The molecule has 0 aliphatic rings. The molecular formula is C12H17FN2O2S. The van der Waals surface area contributed by atoms with E-state index in [1.54, 1.807) is 20.1 Å². The maximum Gasteiger partial charge on any atom is 0.251 e. The lowest BCUT2D eigenvalue weighted by Crippen LogP contribution is -2.32. The molecule has 0 aliphatic carbocycles. The van der Waals surface area contributed by atoms with Crippen LogP contribution in [0.2, 0.25) is 0 Å². The molecule has 4 nitrogen and oxygen atoms in total. The summed E-state index contributed by atoms with van der Waals surface area (Å²) in [6.07, 6.45) is 1.57. The van der Waals surface area contributed by atoms with Gasteiger partial charge in [0.1, 0.15) is 5.82 Å². The molecule has 6 heteroatoms. The van der Waals surface area contributed by atoms with Crippen LogP contribution in [0.3, 0.4) is 0 Å². The summed E-state index contributed by atoms with van der Waals surface area (Å²) in [7, 11) is -1.01. The van der Waals surface area contributed by atoms with Crippen LogP contribution < -0.4 is 11.1 Å². The Kier molecular flexibility index (Phi) is 4.84. The molecular weight excluding hydrogens is 255 g/mol. The number of halogens is 1. The third-order valence-electron chi connectivity index (χ3n) is 2.76. The predicted molar refractivity (Wildman–Crippen MR) is 71.4 cm³/mol. The summed E-state index contributed by atoms with van der Waals surface area (Å²) >= 11 is 0. The van der Waals surface area contributed by atoms with Gasteiger partial charge in [-0.25, -0.2) is 4.39 Å². The standard InChI is InChI=1S/C12H17FN2O2S/c1-7(18(3)17)6-15-12(16)9-4-10(13)8(2)11(14)5-9/h4-5,7H,6,14H2,1-3H3,(H,15,16). The molecule has 18 heavy (non-hydrogen) atoms. The van der Waals surface area contributed by atoms with Crippen molar-refractivity contribution in [1.29, 1.82) is 0 Å². The summed E-state index contributed by atoms with van der Waals surface area (Å²) in [6, 6.07) is 2.58. The molecule has 2 atom stereocenters. The van der Waals surface area contributed by atoms with E-state index in [2.05, 4.69) is 5.32 Å². The maximum atomic E-state index is 13.4. The van der Waals surface area contributed by atoms with Gasteiger partial charge < -0.3 is 11.1 Å². The number of carbonyl (C=O) groups excluding carboxylic acids is 1. The third-order valence-corrected chi connectivity index (χ3v) is 4.06. The Morgan fingerprint density at radius 2 is 2.17 bits per heavy atom. The van der Waals surface area contributed by atoms with Crippen LogP contribution in [0.4, 0.5) is 10.1 Å². The van der Waals surface area contributed by atoms with E-state index in [-0.39, 0.29) is 23.0 Å². The van der Waals surface area contributed by atoms with E-state index in [1.165, 1.54) is 6.07 Å². The number of benzene rings is 1. The van der Waals surface area contributed by atoms with Crippen LogP contribution in [0, 0.1) is 12.7 Å². The minimum atomic E-state index is -1.01. The highest BCUT2D eigenvalue weighted by Crippen LogP contribution is 2.17. The molecule has 0 bridgehead atoms. The number of nitrogens with one attached hydrogen (secondary N) is 1. The van der Waals surface area contributed by atoms with Crippen LogP contribution in [-0.4, -0.2) is 28.2 Å². The van der Waals surface area contributed by atoms with Gasteiger partial charge in [0, 0.05) is 45.7 Å². The van der Waals surface area contributed by atoms with E-state index in [0.717, 1.165) is 6.07 Å². The molecule has 1 amide bonds. The first-order chi connectivity index (χ1) is 8.32. The number of hydrogen-bond acceptors (Lipinski definition) is 3. The molecule has 0 spiro atoms. The molecule has 100 valence electrons. The lowest BCUT2D eigenvalue weighted by atomic mass is 10.1. The van der Waals surface area contributed by atoms with Gasteiger partial charge in [-0.15, -0.1) is 0 Å². The maximum absolute atomic E-state index is 13.4. The lowest BCUT2D eigenvalue weighted by Gasteiger charge is -2.11. The number of rotatable bonds is 4. The minimum Gasteiger partial charge on any atom is -0.398 e. The summed E-state index contributed by atoms with van der Waals surface area (Å²) in [5.74, 6) is -0.926. The largest absolute Gasteiger partial charge is 0.398 e. The van der Waals surface area contributed by atoms with E-state index in [4.69, 9.17) is 5.73 Å². The highest BCUT2D eigenvalue weighted by molar-refractivity contribution is 7.84. The van der Waals surface area contributed by atoms with Gasteiger partial charge in [-0.05, 0) is 26.0 Å². The zero-order chi connectivity index (χ0) is 13.9. The second kappa shape index (κ2) is 5.95. The zero-order valence-corrected chi connectivity index (χ0v) is 11.4. The number of carbonyl (C=O) groups is 1. The van der Waals surface area contributed by atoms with Crippen molar-refractivity contribution in [2.24, 2.45) is 0 Å². The Bertz CT molecular complexity index is 468. The fourth-order valence-corrected chi connectivity index (χ4v) is 1.61. The Morgan fingerprint density at radius 1 is 1.56 bits per heavy atom. The van der Waals surface area contributed by atoms with Crippen molar-refractivity contribution in [3.8, 4) is 0 Å². The van der Waals surface area contributed by atoms with Crippen molar-refractivity contribution in [1.82, 2.24) is 5.32 Å². The second-order valence-corrected chi connectivity index (χ2v) is 5.99. The first-order valence-corrected chi connectivity index (χ1v) is 7.11. The van der Waals surface area contributed by atoms with E-state index < -0.39 is 22.5 Å². The summed E-state index contributed by atoms with van der Waals surface area (Å²) in [6.45, 7) is 3.59. The second-order valence-electron chi connectivity index (χ2n) is 4.19. The van der Waals surface area contributed by atoms with Gasteiger partial charge in [0.15, 0.2) is 0 Å². The fraction of sp³-hybridized carbons (Fsp3) is 0.417. The highest BCUT2D eigenvalue weighted by Gasteiger charge is 2.13. The SMILES string of the molecule is Cc1c(N)cc(C(=O)NCC(C)S(C)=O)cc1F. The molecule has 0 aromatic heterocycles. The van der Waals surface area contributed by atoms with E-state index in [1.807, 2.05) is 0 Å². The third kappa shape index (κ3) is 3.53. The van der Waals surface area contributed by atoms with Gasteiger partial charge in [0.2, 0.25) is 0 Å². The topological polar surface area (TPSA) is 72.2 Å². The molecule has 0 radical (unpaired) electrons. The van der Waals surface area contributed by atoms with Gasteiger partial charge in [0.25, 0.3) is 5.91 Å². The van der Waals surface area contributed by atoms with Crippen molar-refractivity contribution in [3.63, 3.8) is 0 Å². The van der Waals surface area contributed by atoms with Gasteiger partial charge in [0.05, 0.1) is 0 Å². The Morgan fingerprint density at radius 3 is 2.67 bits per heavy atom. The van der Waals surface area contributed by atoms with Crippen LogP contribution in [0.15, 0.2) is 12.1 Å². The molecule has 1 rings (SSSR count). The smallest absolute Gasteiger partial charge is 0.251 e. The molecule has 0 heterocycles. The molecule has 3 N–H and O–H groups in total. The van der Waals surface area contributed by atoms with E-state index >= 15 is 0 Å². The molecule has 0 fully saturated rings. The Balaban J connectivity index is 2.76. The van der Waals surface area contributed by atoms with E-state index in [9.17, 15) is 13.4 Å². The van der Waals surface area contributed by atoms with Crippen LogP contribution in [0.5, 0.6) is 0 Å². The molecule has 0 aliphatic heterocycles. The summed E-state index contributed by atoms with van der Waals surface area (Å²) < 4.78 is 24.5. The quantitative estimate of drug-likeness (QED) is 0.809. The minimum absolute atomic E-state index is 0.151. The number of nitrogen functional groups attached to an aromatic ring is 1. The number of nitrogens with two attached hydrogens (primary N) is 1. The molecule has 0 saturated heterocycles. The summed E-state index contributed by atoms with van der Waals surface area (Å²) in [5, 5.41) is 2.45. The van der Waals surface area contributed by atoms with Gasteiger partial charge in [-0.3, -0.25) is 9.00 Å². The predicted octanol–water partition coefficient (Wildman–Crippen LogP) is 1.21. The van der Waals surface area contributed by atoms with Crippen LogP contribution in [0.1, 0.15) is 22.8 Å². The van der Waals surface area contributed by atoms with Gasteiger partial charge in [-0.2, -0.15) is 0 Å². The highest BCUT2D eigenvalue weighted by atomic mass is 32.2. The monoisotopic (exact) mass is 272 g/mol. The normalized spacial score (nSPS) is 14.0. The number of hydrogen-bond donors (Lipinski definition) is 2. The molecule has 0 saturated carbocycles. The Labute approximate surface area is 108 Å². The van der Waals surface area contributed by atoms with Crippen molar-refractivity contribution in [2.45, 2.75) is 19.1 Å². The first kappa shape index (κ1) is 14.6. The Hall–Kier alpha value is -1.43. The number of anilines is 1. The van der Waals surface area contributed by atoms with Crippen LogP contribution >= 0.6 is 0 Å². The van der Waals surface area contributed by atoms with Gasteiger partial charge in [-0.1, -0.05) is 0 Å². The van der Waals surface area contributed by atoms with Crippen LogP contribution in [-0.2, 0) is 10.8 Å². The first-order valence-electron chi connectivity index (χ1n) is 5.49. The average Bonchev–Trinajstić information content (AvgIpc) is 2.31. The number of amides is 1. The average molecular weight is 272 g/mol. The molecule has 1 aromatic rings. The van der Waals surface area contributed by atoms with Crippen molar-refractivity contribution in [3.05, 3.63) is 29.1 Å². The fourth-order valence-electron chi connectivity index (χ4n) is 1.29. The van der Waals surface area contributed by atoms with E-state index in [0.29, 0.717) is 5.56 Å². The summed E-state index contributed by atoms with van der Waals surface area (Å²) in [5.41, 5.74) is 6.34. The summed E-state index contributed by atoms with van der Waals surface area (Å²) in [4.78, 5) is 11.8. The lowest BCUT2D eigenvalue weighted by molar-refractivity contribution is 0.0953.